The van der Waals surface area contributed by atoms with E-state index in [1.807, 2.05) is 30.3 Å². The zero-order valence-corrected chi connectivity index (χ0v) is 13.9. The highest BCUT2D eigenvalue weighted by Gasteiger charge is 2.36. The molecule has 0 bridgehead atoms. The molecule has 2 atom stereocenters. The van der Waals surface area contributed by atoms with Gasteiger partial charge in [0.25, 0.3) is 0 Å². The summed E-state index contributed by atoms with van der Waals surface area (Å²) in [5.41, 5.74) is 0.855. The molecule has 2 amide bonds. The summed E-state index contributed by atoms with van der Waals surface area (Å²) in [4.78, 5) is 37.1. The smallest absolute Gasteiger partial charge is 0.410 e. The molecule has 2 N–H and O–H groups in total. The van der Waals surface area contributed by atoms with Gasteiger partial charge in [-0.05, 0) is 24.8 Å². The van der Waals surface area contributed by atoms with Gasteiger partial charge in [-0.15, -0.1) is 6.58 Å². The van der Waals surface area contributed by atoms with Gasteiger partial charge in [0.1, 0.15) is 18.7 Å². The van der Waals surface area contributed by atoms with Crippen LogP contribution in [0.4, 0.5) is 4.79 Å². The predicted octanol–water partition coefficient (Wildman–Crippen LogP) is 1.93. The van der Waals surface area contributed by atoms with Gasteiger partial charge in [0.15, 0.2) is 0 Å². The number of amides is 2. The second kappa shape index (κ2) is 8.86. The Kier molecular flexibility index (Phi) is 6.56. The van der Waals surface area contributed by atoms with Crippen LogP contribution in [0.2, 0.25) is 0 Å². The Morgan fingerprint density at radius 1 is 1.36 bits per heavy atom. The molecule has 0 aromatic heterocycles. The van der Waals surface area contributed by atoms with Crippen molar-refractivity contribution in [2.24, 2.45) is 0 Å². The van der Waals surface area contributed by atoms with E-state index in [-0.39, 0.29) is 13.0 Å². The van der Waals surface area contributed by atoms with Crippen molar-refractivity contribution in [3.8, 4) is 0 Å². The predicted molar refractivity (Wildman–Crippen MR) is 90.7 cm³/mol. The molecule has 1 fully saturated rings. The molecule has 0 unspecified atom stereocenters. The molecule has 1 aliphatic rings. The fraction of sp³-hybridized carbons (Fsp3) is 0.389. The maximum absolute atomic E-state index is 12.4. The van der Waals surface area contributed by atoms with E-state index < -0.39 is 30.1 Å². The van der Waals surface area contributed by atoms with Crippen LogP contribution >= 0.6 is 0 Å². The number of hydrogen-bond acceptors (Lipinski definition) is 4. The van der Waals surface area contributed by atoms with Crippen molar-refractivity contribution < 1.29 is 24.2 Å². The summed E-state index contributed by atoms with van der Waals surface area (Å²) >= 11 is 0. The zero-order chi connectivity index (χ0) is 18.2. The molecule has 1 aliphatic heterocycles. The van der Waals surface area contributed by atoms with Crippen molar-refractivity contribution in [3.05, 3.63) is 48.6 Å². The van der Waals surface area contributed by atoms with Crippen molar-refractivity contribution in [2.75, 3.05) is 6.54 Å². The van der Waals surface area contributed by atoms with E-state index in [0.29, 0.717) is 19.4 Å². The summed E-state index contributed by atoms with van der Waals surface area (Å²) in [6, 6.07) is 7.49. The molecule has 0 radical (unpaired) electrons. The van der Waals surface area contributed by atoms with E-state index >= 15 is 0 Å². The van der Waals surface area contributed by atoms with Crippen LogP contribution in [0.5, 0.6) is 0 Å². The average Bonchev–Trinajstić information content (AvgIpc) is 3.10. The Morgan fingerprint density at radius 2 is 2.08 bits per heavy atom. The number of nitrogens with zero attached hydrogens (tertiary/aromatic N) is 1. The summed E-state index contributed by atoms with van der Waals surface area (Å²) < 4.78 is 5.27. The summed E-state index contributed by atoms with van der Waals surface area (Å²) in [6.45, 7) is 4.02. The molecule has 1 aromatic rings. The van der Waals surface area contributed by atoms with Gasteiger partial charge in [-0.3, -0.25) is 9.69 Å². The van der Waals surface area contributed by atoms with Crippen LogP contribution in [0.15, 0.2) is 43.0 Å². The van der Waals surface area contributed by atoms with Crippen LogP contribution in [0, 0.1) is 0 Å². The van der Waals surface area contributed by atoms with Crippen LogP contribution < -0.4 is 5.32 Å². The number of rotatable bonds is 7. The molecule has 0 saturated carbocycles. The minimum atomic E-state index is -1.13. The van der Waals surface area contributed by atoms with Gasteiger partial charge in [0.05, 0.1) is 0 Å². The summed E-state index contributed by atoms with van der Waals surface area (Å²) in [5.74, 6) is -1.62. The maximum Gasteiger partial charge on any atom is 0.410 e. The van der Waals surface area contributed by atoms with E-state index in [1.54, 1.807) is 0 Å². The topological polar surface area (TPSA) is 95.9 Å². The number of likely N-dealkylation sites (tertiary alicyclic amines) is 1. The van der Waals surface area contributed by atoms with Crippen molar-refractivity contribution in [3.63, 3.8) is 0 Å². The van der Waals surface area contributed by atoms with E-state index in [1.165, 1.54) is 11.0 Å². The van der Waals surface area contributed by atoms with Crippen molar-refractivity contribution in [2.45, 2.75) is 38.0 Å². The minimum Gasteiger partial charge on any atom is -0.480 e. The largest absolute Gasteiger partial charge is 0.480 e. The van der Waals surface area contributed by atoms with Gasteiger partial charge in [0.2, 0.25) is 5.91 Å². The fourth-order valence-electron chi connectivity index (χ4n) is 2.72. The Hall–Kier alpha value is -2.83. The number of carboxylic acids is 1. The average molecular weight is 346 g/mol. The number of aliphatic carboxylic acids is 1. The first-order valence-electron chi connectivity index (χ1n) is 8.14. The lowest BCUT2D eigenvalue weighted by Crippen LogP contribution is -2.50. The monoisotopic (exact) mass is 346 g/mol. The standard InChI is InChI=1S/C18H22N2O5/c1-2-7-14(17(22)23)19-16(21)15-10-6-11-20(15)18(24)25-12-13-8-4-3-5-9-13/h2-5,8-9,14-15H,1,6-7,10-12H2,(H,19,21)(H,22,23)/t14-,15+/m0/s1. The van der Waals surface area contributed by atoms with Crippen LogP contribution in [-0.2, 0) is 20.9 Å². The van der Waals surface area contributed by atoms with Gasteiger partial charge in [-0.25, -0.2) is 9.59 Å². The van der Waals surface area contributed by atoms with Crippen molar-refractivity contribution in [1.82, 2.24) is 10.2 Å². The van der Waals surface area contributed by atoms with Crippen molar-refractivity contribution in [1.29, 1.82) is 0 Å². The maximum atomic E-state index is 12.4. The second-order valence-corrected chi connectivity index (χ2v) is 5.82. The molecule has 7 heteroatoms. The SMILES string of the molecule is C=CC[C@H](NC(=O)[C@H]1CCCN1C(=O)OCc1ccccc1)C(=O)O. The number of hydrogen-bond donors (Lipinski definition) is 2. The van der Waals surface area contributed by atoms with Gasteiger partial charge in [-0.1, -0.05) is 36.4 Å². The van der Waals surface area contributed by atoms with Gasteiger partial charge in [-0.2, -0.15) is 0 Å². The highest BCUT2D eigenvalue weighted by atomic mass is 16.6. The van der Waals surface area contributed by atoms with Crippen LogP contribution in [0.3, 0.4) is 0 Å². The Bertz CT molecular complexity index is 632. The lowest BCUT2D eigenvalue weighted by atomic mass is 10.1. The minimum absolute atomic E-state index is 0.117. The van der Waals surface area contributed by atoms with Gasteiger partial charge < -0.3 is 15.2 Å². The molecule has 1 heterocycles. The molecule has 134 valence electrons. The number of ether oxygens (including phenoxy) is 1. The van der Waals surface area contributed by atoms with Crippen LogP contribution in [0.25, 0.3) is 0 Å². The Labute approximate surface area is 146 Å². The molecule has 7 nitrogen and oxygen atoms in total. The summed E-state index contributed by atoms with van der Waals surface area (Å²) in [6.07, 6.45) is 2.12. The molecule has 0 spiro atoms. The third-order valence-corrected chi connectivity index (χ3v) is 4.01. The Morgan fingerprint density at radius 3 is 2.72 bits per heavy atom. The van der Waals surface area contributed by atoms with E-state index in [2.05, 4.69) is 11.9 Å². The molecular formula is C18H22N2O5. The van der Waals surface area contributed by atoms with E-state index in [9.17, 15) is 14.4 Å². The fourth-order valence-corrected chi connectivity index (χ4v) is 2.72. The third-order valence-electron chi connectivity index (χ3n) is 4.01. The first-order valence-corrected chi connectivity index (χ1v) is 8.14. The lowest BCUT2D eigenvalue weighted by molar-refractivity contribution is -0.142. The molecule has 2 rings (SSSR count). The number of nitrogens with one attached hydrogen (secondary N) is 1. The molecular weight excluding hydrogens is 324 g/mol. The lowest BCUT2D eigenvalue weighted by Gasteiger charge is -2.24. The molecule has 1 saturated heterocycles. The normalized spacial score (nSPS) is 17.6. The van der Waals surface area contributed by atoms with E-state index in [0.717, 1.165) is 5.56 Å². The molecule has 25 heavy (non-hydrogen) atoms. The van der Waals surface area contributed by atoms with E-state index in [4.69, 9.17) is 9.84 Å². The highest BCUT2D eigenvalue weighted by molar-refractivity contribution is 5.89. The van der Waals surface area contributed by atoms with Crippen LogP contribution in [0.1, 0.15) is 24.8 Å². The van der Waals surface area contributed by atoms with Gasteiger partial charge >= 0.3 is 12.1 Å². The Balaban J connectivity index is 1.93. The summed E-state index contributed by atoms with van der Waals surface area (Å²) in [7, 11) is 0. The number of benzene rings is 1. The number of carbonyl (C=O) groups is 3. The van der Waals surface area contributed by atoms with Crippen LogP contribution in [-0.4, -0.2) is 46.6 Å². The second-order valence-electron chi connectivity index (χ2n) is 5.82. The first-order chi connectivity index (χ1) is 12.0. The highest BCUT2D eigenvalue weighted by Crippen LogP contribution is 2.19. The third kappa shape index (κ3) is 5.07. The number of carbonyl (C=O) groups excluding carboxylic acids is 2. The quantitative estimate of drug-likeness (QED) is 0.736. The molecule has 0 aliphatic carbocycles. The zero-order valence-electron chi connectivity index (χ0n) is 13.9. The van der Waals surface area contributed by atoms with Crippen molar-refractivity contribution >= 4 is 18.0 Å². The number of carboxylic acid groups (broad SMARTS) is 1. The van der Waals surface area contributed by atoms with Gasteiger partial charge in [0, 0.05) is 6.54 Å². The summed E-state index contributed by atoms with van der Waals surface area (Å²) in [5, 5.41) is 11.6. The first kappa shape index (κ1) is 18.5. The molecule has 1 aromatic carbocycles.